The number of carbonyl (C=O) groups is 1. The van der Waals surface area contributed by atoms with Crippen LogP contribution in [0.5, 0.6) is 0 Å². The van der Waals surface area contributed by atoms with Gasteiger partial charge in [-0.25, -0.2) is 4.98 Å². The lowest BCUT2D eigenvalue weighted by Gasteiger charge is -2.05. The number of pyridine rings is 1. The summed E-state index contributed by atoms with van der Waals surface area (Å²) in [7, 11) is 0. The Labute approximate surface area is 149 Å². The van der Waals surface area contributed by atoms with Crippen molar-refractivity contribution in [3.8, 4) is 11.1 Å². The summed E-state index contributed by atoms with van der Waals surface area (Å²) >= 11 is 0. The zero-order valence-corrected chi connectivity index (χ0v) is 14.4. The number of benzene rings is 1. The summed E-state index contributed by atoms with van der Waals surface area (Å²) in [5.41, 5.74) is 4.72. The van der Waals surface area contributed by atoms with Crippen LogP contribution in [0.2, 0.25) is 0 Å². The lowest BCUT2D eigenvalue weighted by molar-refractivity contribution is 0.0949. The Balaban J connectivity index is 1.52. The molecule has 0 spiro atoms. The van der Waals surface area contributed by atoms with Gasteiger partial charge in [-0.2, -0.15) is 0 Å². The molecular formula is C19H17N5O2. The Bertz CT molecular complexity index is 1040. The fraction of sp³-hybridized carbons (Fsp3) is 0.158. The van der Waals surface area contributed by atoms with Crippen LogP contribution in [0.3, 0.4) is 0 Å². The number of H-pyrrole nitrogens is 1. The van der Waals surface area contributed by atoms with Crippen molar-refractivity contribution in [2.75, 3.05) is 0 Å². The van der Waals surface area contributed by atoms with E-state index < -0.39 is 0 Å². The molecular weight excluding hydrogens is 330 g/mol. The smallest absolute Gasteiger partial charge is 0.253 e. The van der Waals surface area contributed by atoms with Crippen molar-refractivity contribution < 1.29 is 9.32 Å². The minimum Gasteiger partial charge on any atom is -0.361 e. The van der Waals surface area contributed by atoms with Gasteiger partial charge in [-0.1, -0.05) is 17.3 Å². The molecule has 130 valence electrons. The molecule has 0 saturated heterocycles. The maximum Gasteiger partial charge on any atom is 0.253 e. The number of aromatic nitrogens is 4. The summed E-state index contributed by atoms with van der Waals surface area (Å²) < 4.78 is 5.19. The topological polar surface area (TPSA) is 96.7 Å². The molecule has 1 aromatic carbocycles. The summed E-state index contributed by atoms with van der Waals surface area (Å²) in [4.78, 5) is 24.3. The molecule has 3 heterocycles. The van der Waals surface area contributed by atoms with E-state index in [0.29, 0.717) is 23.7 Å². The van der Waals surface area contributed by atoms with Crippen molar-refractivity contribution in [1.29, 1.82) is 0 Å². The summed E-state index contributed by atoms with van der Waals surface area (Å²) in [6.45, 7) is 4.01. The zero-order valence-electron chi connectivity index (χ0n) is 14.4. The highest BCUT2D eigenvalue weighted by atomic mass is 16.5. The number of para-hydroxylation sites is 2. The molecule has 0 aliphatic heterocycles. The van der Waals surface area contributed by atoms with Crippen LogP contribution in [0.4, 0.5) is 0 Å². The number of carbonyl (C=O) groups excluding carboxylic acids is 1. The molecule has 1 amide bonds. The second-order valence-corrected chi connectivity index (χ2v) is 6.04. The van der Waals surface area contributed by atoms with E-state index in [9.17, 15) is 4.79 Å². The summed E-state index contributed by atoms with van der Waals surface area (Å²) in [6.07, 6.45) is 3.23. The molecule has 0 unspecified atom stereocenters. The maximum atomic E-state index is 12.5. The summed E-state index contributed by atoms with van der Waals surface area (Å²) in [6, 6.07) is 9.53. The zero-order chi connectivity index (χ0) is 18.1. The van der Waals surface area contributed by atoms with Crippen molar-refractivity contribution in [3.63, 3.8) is 0 Å². The first-order chi connectivity index (χ1) is 12.6. The van der Waals surface area contributed by atoms with Crippen molar-refractivity contribution in [1.82, 2.24) is 25.4 Å². The van der Waals surface area contributed by atoms with E-state index in [2.05, 4.69) is 25.4 Å². The Kier molecular flexibility index (Phi) is 3.96. The molecule has 26 heavy (non-hydrogen) atoms. The molecule has 0 bridgehead atoms. The third kappa shape index (κ3) is 2.95. The highest BCUT2D eigenvalue weighted by Crippen LogP contribution is 2.26. The second kappa shape index (κ2) is 6.44. The fourth-order valence-electron chi connectivity index (χ4n) is 2.95. The Hall–Kier alpha value is -3.48. The van der Waals surface area contributed by atoms with Crippen LogP contribution in [0.1, 0.15) is 27.6 Å². The first-order valence-electron chi connectivity index (χ1n) is 8.22. The number of imidazole rings is 1. The van der Waals surface area contributed by atoms with Crippen LogP contribution in [0, 0.1) is 13.8 Å². The summed E-state index contributed by atoms with van der Waals surface area (Å²) in [5, 5.41) is 6.81. The van der Waals surface area contributed by atoms with E-state index in [1.807, 2.05) is 38.1 Å². The van der Waals surface area contributed by atoms with E-state index in [0.717, 1.165) is 27.9 Å². The molecule has 2 N–H and O–H groups in total. The molecule has 0 aliphatic rings. The standard InChI is InChI=1S/C19H17N5O2/c1-11-18(12(2)26-24-11)13-7-14(9-20-8-13)19(25)21-10-17-22-15-5-3-4-6-16(15)23-17/h3-9H,10H2,1-2H3,(H,21,25)(H,22,23). The van der Waals surface area contributed by atoms with Crippen LogP contribution in [-0.2, 0) is 6.54 Å². The van der Waals surface area contributed by atoms with Gasteiger partial charge in [-0.15, -0.1) is 0 Å². The number of aromatic amines is 1. The molecule has 4 rings (SSSR count). The molecule has 0 radical (unpaired) electrons. The molecule has 0 aliphatic carbocycles. The SMILES string of the molecule is Cc1noc(C)c1-c1cncc(C(=O)NCc2nc3ccccc3[nH]2)c1. The minimum atomic E-state index is -0.216. The van der Waals surface area contributed by atoms with Gasteiger partial charge in [0.1, 0.15) is 11.6 Å². The van der Waals surface area contributed by atoms with Crippen molar-refractivity contribution in [2.45, 2.75) is 20.4 Å². The first-order valence-corrected chi connectivity index (χ1v) is 8.22. The van der Waals surface area contributed by atoms with E-state index in [1.54, 1.807) is 12.3 Å². The molecule has 4 aromatic rings. The number of aryl methyl sites for hydroxylation is 2. The Morgan fingerprint density at radius 1 is 1.23 bits per heavy atom. The summed E-state index contributed by atoms with van der Waals surface area (Å²) in [5.74, 6) is 1.19. The van der Waals surface area contributed by atoms with Crippen LogP contribution < -0.4 is 5.32 Å². The molecule has 7 nitrogen and oxygen atoms in total. The normalized spacial score (nSPS) is 11.0. The van der Waals surface area contributed by atoms with Crippen molar-refractivity contribution in [3.05, 3.63) is 65.6 Å². The van der Waals surface area contributed by atoms with Gasteiger partial charge in [0.2, 0.25) is 0 Å². The number of hydrogen-bond acceptors (Lipinski definition) is 5. The van der Waals surface area contributed by atoms with E-state index in [1.165, 1.54) is 6.20 Å². The van der Waals surface area contributed by atoms with Gasteiger partial charge in [0.15, 0.2) is 0 Å². The largest absolute Gasteiger partial charge is 0.361 e. The Morgan fingerprint density at radius 2 is 2.08 bits per heavy atom. The lowest BCUT2D eigenvalue weighted by Crippen LogP contribution is -2.23. The monoisotopic (exact) mass is 347 g/mol. The van der Waals surface area contributed by atoms with Gasteiger partial charge in [-0.3, -0.25) is 9.78 Å². The molecule has 0 fully saturated rings. The predicted octanol–water partition coefficient (Wildman–Crippen LogP) is 3.16. The molecule has 7 heteroatoms. The third-order valence-electron chi connectivity index (χ3n) is 4.18. The Morgan fingerprint density at radius 3 is 2.85 bits per heavy atom. The van der Waals surface area contributed by atoms with Crippen LogP contribution >= 0.6 is 0 Å². The third-order valence-corrected chi connectivity index (χ3v) is 4.18. The van der Waals surface area contributed by atoms with Gasteiger partial charge in [0, 0.05) is 23.5 Å². The number of rotatable bonds is 4. The quantitative estimate of drug-likeness (QED) is 0.591. The predicted molar refractivity (Wildman–Crippen MR) is 96.5 cm³/mol. The number of nitrogens with one attached hydrogen (secondary N) is 2. The van der Waals surface area contributed by atoms with Gasteiger partial charge >= 0.3 is 0 Å². The van der Waals surface area contributed by atoms with Crippen LogP contribution in [-0.4, -0.2) is 26.0 Å². The number of amides is 1. The van der Waals surface area contributed by atoms with Gasteiger partial charge in [0.05, 0.1) is 28.8 Å². The lowest BCUT2D eigenvalue weighted by atomic mass is 10.0. The number of nitrogens with zero attached hydrogens (tertiary/aromatic N) is 3. The van der Waals surface area contributed by atoms with E-state index in [-0.39, 0.29) is 5.91 Å². The average Bonchev–Trinajstić information content (AvgIpc) is 3.22. The molecule has 0 atom stereocenters. The van der Waals surface area contributed by atoms with E-state index >= 15 is 0 Å². The molecule has 0 saturated carbocycles. The van der Waals surface area contributed by atoms with Gasteiger partial charge < -0.3 is 14.8 Å². The van der Waals surface area contributed by atoms with Crippen LogP contribution in [0.15, 0.2) is 47.2 Å². The average molecular weight is 347 g/mol. The van der Waals surface area contributed by atoms with Gasteiger partial charge in [0.25, 0.3) is 5.91 Å². The van der Waals surface area contributed by atoms with E-state index in [4.69, 9.17) is 4.52 Å². The minimum absolute atomic E-state index is 0.216. The number of hydrogen-bond donors (Lipinski definition) is 2. The highest BCUT2D eigenvalue weighted by Gasteiger charge is 2.14. The maximum absolute atomic E-state index is 12.5. The molecule has 3 aromatic heterocycles. The van der Waals surface area contributed by atoms with Crippen molar-refractivity contribution >= 4 is 16.9 Å². The highest BCUT2D eigenvalue weighted by molar-refractivity contribution is 5.95. The number of fused-ring (bicyclic) bond motifs is 1. The fourth-order valence-corrected chi connectivity index (χ4v) is 2.95. The van der Waals surface area contributed by atoms with Crippen molar-refractivity contribution in [2.24, 2.45) is 0 Å². The first kappa shape index (κ1) is 16.0. The van der Waals surface area contributed by atoms with Gasteiger partial charge in [-0.05, 0) is 32.0 Å². The van der Waals surface area contributed by atoms with Crippen LogP contribution in [0.25, 0.3) is 22.2 Å². The second-order valence-electron chi connectivity index (χ2n) is 6.04.